The molecule has 218 valence electrons. The molecule has 1 unspecified atom stereocenters. The summed E-state index contributed by atoms with van der Waals surface area (Å²) in [6, 6.07) is 10.2. The van der Waals surface area contributed by atoms with Crippen molar-refractivity contribution in [3.05, 3.63) is 65.2 Å². The van der Waals surface area contributed by atoms with Crippen molar-refractivity contribution in [3.63, 3.8) is 0 Å². The number of amides is 2. The zero-order valence-electron chi connectivity index (χ0n) is 24.6. The number of nitrogens with one attached hydrogen (secondary N) is 2. The summed E-state index contributed by atoms with van der Waals surface area (Å²) in [5.41, 5.74) is 2.10. The molecule has 0 bridgehead atoms. The second kappa shape index (κ2) is 12.5. The van der Waals surface area contributed by atoms with Gasteiger partial charge in [-0.3, -0.25) is 9.69 Å². The van der Waals surface area contributed by atoms with E-state index in [1.165, 1.54) is 0 Å². The van der Waals surface area contributed by atoms with Gasteiger partial charge in [0.25, 0.3) is 5.91 Å². The van der Waals surface area contributed by atoms with Gasteiger partial charge in [-0.1, -0.05) is 26.0 Å². The number of H-pyrrole nitrogens is 1. The Morgan fingerprint density at radius 1 is 1.12 bits per heavy atom. The van der Waals surface area contributed by atoms with Crippen molar-refractivity contribution < 1.29 is 23.9 Å². The van der Waals surface area contributed by atoms with Crippen molar-refractivity contribution in [2.24, 2.45) is 0 Å². The van der Waals surface area contributed by atoms with Gasteiger partial charge in [-0.05, 0) is 82.7 Å². The number of rotatable bonds is 7. The number of carbonyl (C=O) groups is 3. The van der Waals surface area contributed by atoms with Crippen LogP contribution in [0.3, 0.4) is 0 Å². The topological polar surface area (TPSA) is 127 Å². The molecule has 4 rings (SSSR count). The highest BCUT2D eigenvalue weighted by Crippen LogP contribution is 2.34. The Hall–Kier alpha value is -4.21. The average molecular weight is 562 g/mol. The van der Waals surface area contributed by atoms with E-state index >= 15 is 0 Å². The van der Waals surface area contributed by atoms with Crippen LogP contribution in [0, 0.1) is 0 Å². The lowest BCUT2D eigenvalue weighted by atomic mass is 10.0. The lowest BCUT2D eigenvalue weighted by Crippen LogP contribution is -2.42. The maximum Gasteiger partial charge on any atom is 0.410 e. The molecule has 2 aromatic heterocycles. The molecule has 1 atom stereocenters. The third kappa shape index (κ3) is 7.31. The lowest BCUT2D eigenvalue weighted by Gasteiger charge is -2.35. The zero-order valence-corrected chi connectivity index (χ0v) is 24.6. The number of aromatic nitrogens is 3. The molecule has 1 aliphatic heterocycles. The van der Waals surface area contributed by atoms with Crippen molar-refractivity contribution in [1.82, 2.24) is 19.9 Å². The fourth-order valence-electron chi connectivity index (χ4n) is 4.71. The van der Waals surface area contributed by atoms with Gasteiger partial charge in [0.2, 0.25) is 0 Å². The molecule has 0 spiro atoms. The second-order valence-electron chi connectivity index (χ2n) is 11.4. The minimum Gasteiger partial charge on any atom is -0.461 e. The summed E-state index contributed by atoms with van der Waals surface area (Å²) in [5.74, 6) is 0.442. The number of imidazole rings is 1. The van der Waals surface area contributed by atoms with E-state index in [-0.39, 0.29) is 24.2 Å². The summed E-state index contributed by atoms with van der Waals surface area (Å²) < 4.78 is 10.9. The van der Waals surface area contributed by atoms with E-state index in [9.17, 15) is 14.4 Å². The molecular weight excluding hydrogens is 522 g/mol. The minimum absolute atomic E-state index is 0.198. The number of hydrogen-bond donors (Lipinski definition) is 2. The molecule has 2 amide bonds. The number of hydrogen-bond acceptors (Lipinski definition) is 7. The van der Waals surface area contributed by atoms with Crippen LogP contribution in [0.4, 0.5) is 10.6 Å². The Morgan fingerprint density at radius 3 is 2.51 bits per heavy atom. The van der Waals surface area contributed by atoms with Crippen LogP contribution in [0.25, 0.3) is 11.3 Å². The van der Waals surface area contributed by atoms with Gasteiger partial charge in [-0.15, -0.1) is 0 Å². The molecule has 10 nitrogen and oxygen atoms in total. The van der Waals surface area contributed by atoms with Crippen molar-refractivity contribution in [1.29, 1.82) is 0 Å². The van der Waals surface area contributed by atoms with Crippen LogP contribution >= 0.6 is 0 Å². The molecule has 1 aromatic carbocycles. The predicted octanol–water partition coefficient (Wildman–Crippen LogP) is 6.49. The maximum absolute atomic E-state index is 13.0. The number of pyridine rings is 1. The molecule has 0 radical (unpaired) electrons. The summed E-state index contributed by atoms with van der Waals surface area (Å²) >= 11 is 0. The summed E-state index contributed by atoms with van der Waals surface area (Å²) in [6.45, 7) is 12.1. The van der Waals surface area contributed by atoms with E-state index in [4.69, 9.17) is 14.5 Å². The van der Waals surface area contributed by atoms with Gasteiger partial charge >= 0.3 is 12.1 Å². The molecule has 1 saturated heterocycles. The Labute approximate surface area is 240 Å². The number of benzene rings is 1. The third-order valence-corrected chi connectivity index (χ3v) is 6.76. The Bertz CT molecular complexity index is 1390. The number of nitrogens with zero attached hydrogens (tertiary/aromatic N) is 3. The number of piperidine rings is 1. The summed E-state index contributed by atoms with van der Waals surface area (Å²) in [4.78, 5) is 52.7. The van der Waals surface area contributed by atoms with Gasteiger partial charge < -0.3 is 19.8 Å². The number of carbonyl (C=O) groups excluding carboxylic acids is 3. The molecule has 0 aliphatic carbocycles. The van der Waals surface area contributed by atoms with E-state index in [0.29, 0.717) is 47.3 Å². The first kappa shape index (κ1) is 29.8. The molecule has 1 aliphatic rings. The SMILES string of the molecule is CCOC(=O)c1[nH]c(C2CCCCN2C(=O)OC(C)(C)C)nc1-c1ccc(C(=O)Nc2cc(C(C)C)ccn2)cc1. The normalized spacial score (nSPS) is 15.5. The standard InChI is InChI=1S/C31H39N5O5/c1-7-40-29(38)26-25(34-27(35-26)23-10-8-9-17-36(23)30(39)41-31(4,5)6)20-11-13-21(14-12-20)28(37)33-24-18-22(19(2)3)15-16-32-24/h11-16,18-19,23H,7-10,17H2,1-6H3,(H,34,35)(H,32,33,37). The smallest absolute Gasteiger partial charge is 0.410 e. The van der Waals surface area contributed by atoms with Gasteiger partial charge in [0.15, 0.2) is 5.69 Å². The fourth-order valence-corrected chi connectivity index (χ4v) is 4.71. The summed E-state index contributed by atoms with van der Waals surface area (Å²) in [7, 11) is 0. The van der Waals surface area contributed by atoms with Gasteiger partial charge in [-0.25, -0.2) is 19.6 Å². The van der Waals surface area contributed by atoms with Gasteiger partial charge in [0, 0.05) is 23.9 Å². The Kier molecular flexibility index (Phi) is 9.10. The quantitative estimate of drug-likeness (QED) is 0.316. The maximum atomic E-state index is 13.0. The van der Waals surface area contributed by atoms with Crippen molar-refractivity contribution in [2.45, 2.75) is 78.4 Å². The van der Waals surface area contributed by atoms with Crippen LogP contribution in [0.15, 0.2) is 42.6 Å². The highest BCUT2D eigenvalue weighted by Gasteiger charge is 2.34. The van der Waals surface area contributed by atoms with Crippen LogP contribution in [0.2, 0.25) is 0 Å². The van der Waals surface area contributed by atoms with E-state index in [1.54, 1.807) is 42.3 Å². The number of aromatic amines is 1. The molecule has 10 heteroatoms. The first-order valence-corrected chi connectivity index (χ1v) is 14.1. The first-order chi connectivity index (χ1) is 19.5. The van der Waals surface area contributed by atoms with Crippen LogP contribution in [-0.2, 0) is 9.47 Å². The highest BCUT2D eigenvalue weighted by atomic mass is 16.6. The molecule has 3 aromatic rings. The summed E-state index contributed by atoms with van der Waals surface area (Å²) in [6.07, 6.45) is 3.71. The van der Waals surface area contributed by atoms with Crippen molar-refractivity contribution >= 4 is 23.8 Å². The highest BCUT2D eigenvalue weighted by molar-refractivity contribution is 6.04. The van der Waals surface area contributed by atoms with E-state index < -0.39 is 17.7 Å². The van der Waals surface area contributed by atoms with Gasteiger partial charge in [-0.2, -0.15) is 0 Å². The average Bonchev–Trinajstić information content (AvgIpc) is 3.38. The van der Waals surface area contributed by atoms with Gasteiger partial charge in [0.1, 0.15) is 22.9 Å². The number of esters is 1. The molecule has 1 fully saturated rings. The van der Waals surface area contributed by atoms with Crippen LogP contribution in [-0.4, -0.2) is 56.6 Å². The third-order valence-electron chi connectivity index (χ3n) is 6.76. The summed E-state index contributed by atoms with van der Waals surface area (Å²) in [5, 5.41) is 2.84. The second-order valence-corrected chi connectivity index (χ2v) is 11.4. The van der Waals surface area contributed by atoms with Crippen LogP contribution in [0.1, 0.15) is 105 Å². The zero-order chi connectivity index (χ0) is 29.7. The van der Waals surface area contributed by atoms with Crippen molar-refractivity contribution in [3.8, 4) is 11.3 Å². The Morgan fingerprint density at radius 2 is 1.85 bits per heavy atom. The predicted molar refractivity (Wildman–Crippen MR) is 156 cm³/mol. The van der Waals surface area contributed by atoms with E-state index in [2.05, 4.69) is 29.1 Å². The fraction of sp³-hybridized carbons (Fsp3) is 0.452. The molecule has 0 saturated carbocycles. The number of likely N-dealkylation sites (tertiary alicyclic amines) is 1. The number of anilines is 1. The van der Waals surface area contributed by atoms with Crippen LogP contribution in [0.5, 0.6) is 0 Å². The molecule has 3 heterocycles. The van der Waals surface area contributed by atoms with E-state index in [0.717, 1.165) is 18.4 Å². The lowest BCUT2D eigenvalue weighted by molar-refractivity contribution is 0.00853. The Balaban J connectivity index is 1.61. The molecular formula is C31H39N5O5. The van der Waals surface area contributed by atoms with Crippen molar-refractivity contribution in [2.75, 3.05) is 18.5 Å². The van der Waals surface area contributed by atoms with E-state index in [1.807, 2.05) is 32.9 Å². The van der Waals surface area contributed by atoms with Gasteiger partial charge in [0.05, 0.1) is 12.6 Å². The molecule has 2 N–H and O–H groups in total. The minimum atomic E-state index is -0.634. The number of ether oxygens (including phenoxy) is 2. The first-order valence-electron chi connectivity index (χ1n) is 14.1. The molecule has 41 heavy (non-hydrogen) atoms. The monoisotopic (exact) mass is 561 g/mol. The largest absolute Gasteiger partial charge is 0.461 e. The van der Waals surface area contributed by atoms with Crippen LogP contribution < -0.4 is 5.32 Å².